The van der Waals surface area contributed by atoms with E-state index in [0.717, 1.165) is 12.8 Å². The first-order valence-corrected chi connectivity index (χ1v) is 6.67. The fourth-order valence-electron chi connectivity index (χ4n) is 1.35. The van der Waals surface area contributed by atoms with Crippen LogP contribution >= 0.6 is 23.6 Å². The van der Waals surface area contributed by atoms with Gasteiger partial charge in [0.1, 0.15) is 5.60 Å². The SMILES string of the molecule is CC(C)(C)OC(=O)N(c1n[nH]c(=S)s1)C1CC1. The van der Waals surface area contributed by atoms with E-state index in [0.29, 0.717) is 9.09 Å². The van der Waals surface area contributed by atoms with Crippen LogP contribution in [0.1, 0.15) is 33.6 Å². The lowest BCUT2D eigenvalue weighted by molar-refractivity contribution is 0.0577. The average Bonchev–Trinajstić information content (AvgIpc) is 2.87. The normalized spacial score (nSPS) is 15.7. The highest BCUT2D eigenvalue weighted by Crippen LogP contribution is 2.33. The number of nitrogens with zero attached hydrogens (tertiary/aromatic N) is 2. The highest BCUT2D eigenvalue weighted by atomic mass is 32.1. The Kier molecular flexibility index (Phi) is 3.22. The molecule has 0 aliphatic heterocycles. The van der Waals surface area contributed by atoms with Crippen LogP contribution in [0.25, 0.3) is 0 Å². The van der Waals surface area contributed by atoms with Crippen LogP contribution in [-0.2, 0) is 4.74 Å². The molecule has 0 unspecified atom stereocenters. The zero-order chi connectivity index (χ0) is 12.6. The molecular weight excluding hydrogens is 258 g/mol. The molecule has 0 spiro atoms. The molecule has 1 aromatic heterocycles. The molecule has 1 fully saturated rings. The predicted octanol–water partition coefficient (Wildman–Crippen LogP) is 3.10. The van der Waals surface area contributed by atoms with E-state index in [9.17, 15) is 4.79 Å². The summed E-state index contributed by atoms with van der Waals surface area (Å²) in [5, 5.41) is 7.32. The minimum absolute atomic E-state index is 0.207. The Hall–Kier alpha value is -0.950. The minimum atomic E-state index is -0.498. The summed E-state index contributed by atoms with van der Waals surface area (Å²) in [6.45, 7) is 5.55. The molecule has 1 heterocycles. The van der Waals surface area contributed by atoms with Crippen molar-refractivity contribution in [1.82, 2.24) is 10.2 Å². The molecule has 0 aromatic carbocycles. The van der Waals surface area contributed by atoms with E-state index >= 15 is 0 Å². The van der Waals surface area contributed by atoms with Gasteiger partial charge in [-0.2, -0.15) is 0 Å². The lowest BCUT2D eigenvalue weighted by atomic mass is 10.2. The zero-order valence-electron chi connectivity index (χ0n) is 10.0. The molecule has 17 heavy (non-hydrogen) atoms. The van der Waals surface area contributed by atoms with Crippen LogP contribution in [-0.4, -0.2) is 27.9 Å². The van der Waals surface area contributed by atoms with Gasteiger partial charge in [0, 0.05) is 6.04 Å². The number of aromatic nitrogens is 2. The summed E-state index contributed by atoms with van der Waals surface area (Å²) in [6.07, 6.45) is 1.63. The number of ether oxygens (including phenoxy) is 1. The van der Waals surface area contributed by atoms with Crippen molar-refractivity contribution < 1.29 is 9.53 Å². The van der Waals surface area contributed by atoms with Crippen LogP contribution in [0.4, 0.5) is 9.93 Å². The summed E-state index contributed by atoms with van der Waals surface area (Å²) in [7, 11) is 0. The Morgan fingerprint density at radius 3 is 2.65 bits per heavy atom. The molecule has 5 nitrogen and oxygen atoms in total. The standard InChI is InChI=1S/C10H15N3O2S2/c1-10(2,3)15-9(14)13(6-4-5-6)7-11-12-8(16)17-7/h6H,4-5H2,1-3H3,(H,12,16). The topological polar surface area (TPSA) is 58.2 Å². The third-order valence-electron chi connectivity index (χ3n) is 2.14. The molecule has 0 saturated heterocycles. The number of H-pyrrole nitrogens is 1. The lowest BCUT2D eigenvalue weighted by Crippen LogP contribution is -2.38. The molecule has 1 amide bonds. The third kappa shape index (κ3) is 3.26. The van der Waals surface area contributed by atoms with Crippen molar-refractivity contribution in [3.63, 3.8) is 0 Å². The number of aromatic amines is 1. The first kappa shape index (κ1) is 12.5. The molecule has 1 aliphatic carbocycles. The Balaban J connectivity index is 2.18. The van der Waals surface area contributed by atoms with Crippen LogP contribution in [0.2, 0.25) is 0 Å². The number of hydrogen-bond donors (Lipinski definition) is 1. The number of carbonyl (C=O) groups excluding carboxylic acids is 1. The van der Waals surface area contributed by atoms with Crippen LogP contribution in [0, 0.1) is 3.95 Å². The van der Waals surface area contributed by atoms with Gasteiger partial charge >= 0.3 is 6.09 Å². The number of carbonyl (C=O) groups is 1. The van der Waals surface area contributed by atoms with Gasteiger partial charge in [-0.05, 0) is 45.8 Å². The molecule has 1 saturated carbocycles. The van der Waals surface area contributed by atoms with E-state index in [-0.39, 0.29) is 12.1 Å². The highest BCUT2D eigenvalue weighted by molar-refractivity contribution is 7.73. The summed E-state index contributed by atoms with van der Waals surface area (Å²) in [4.78, 5) is 13.7. The summed E-state index contributed by atoms with van der Waals surface area (Å²) in [5.74, 6) is 0. The maximum atomic E-state index is 12.1. The Morgan fingerprint density at radius 2 is 2.24 bits per heavy atom. The van der Waals surface area contributed by atoms with Gasteiger partial charge < -0.3 is 4.74 Å². The van der Waals surface area contributed by atoms with Crippen LogP contribution in [0.5, 0.6) is 0 Å². The van der Waals surface area contributed by atoms with Gasteiger partial charge in [0.25, 0.3) is 0 Å². The van der Waals surface area contributed by atoms with Crippen molar-refractivity contribution in [2.24, 2.45) is 0 Å². The smallest absolute Gasteiger partial charge is 0.416 e. The van der Waals surface area contributed by atoms with Gasteiger partial charge in [0.05, 0.1) is 0 Å². The molecule has 7 heteroatoms. The summed E-state index contributed by atoms with van der Waals surface area (Å²) >= 11 is 6.27. The number of nitrogens with one attached hydrogen (secondary N) is 1. The van der Waals surface area contributed by atoms with Gasteiger partial charge in [0.15, 0.2) is 3.95 Å². The van der Waals surface area contributed by atoms with E-state index in [1.165, 1.54) is 11.3 Å². The third-order valence-corrected chi connectivity index (χ3v) is 3.22. The van der Waals surface area contributed by atoms with Gasteiger partial charge in [0.2, 0.25) is 5.13 Å². The molecule has 0 atom stereocenters. The molecule has 1 N–H and O–H groups in total. The van der Waals surface area contributed by atoms with Gasteiger partial charge in [-0.3, -0.25) is 5.10 Å². The van der Waals surface area contributed by atoms with Gasteiger partial charge in [-0.15, -0.1) is 5.10 Å². The molecule has 94 valence electrons. The molecule has 0 bridgehead atoms. The van der Waals surface area contributed by atoms with E-state index in [4.69, 9.17) is 17.0 Å². The first-order chi connectivity index (χ1) is 7.87. The second-order valence-electron chi connectivity index (χ2n) is 4.98. The minimum Gasteiger partial charge on any atom is -0.443 e. The largest absolute Gasteiger partial charge is 0.443 e. The van der Waals surface area contributed by atoms with Crippen molar-refractivity contribution in [1.29, 1.82) is 0 Å². The van der Waals surface area contributed by atoms with Crippen LogP contribution < -0.4 is 4.90 Å². The van der Waals surface area contributed by atoms with E-state index in [1.54, 1.807) is 4.90 Å². The predicted molar refractivity (Wildman–Crippen MR) is 69.0 cm³/mol. The fourth-order valence-corrected chi connectivity index (χ4v) is 2.29. The second-order valence-corrected chi connectivity index (χ2v) is 6.62. The quantitative estimate of drug-likeness (QED) is 0.841. The number of rotatable bonds is 2. The summed E-state index contributed by atoms with van der Waals surface area (Å²) < 4.78 is 5.93. The van der Waals surface area contributed by atoms with Crippen molar-refractivity contribution in [3.8, 4) is 0 Å². The fraction of sp³-hybridized carbons (Fsp3) is 0.700. The number of hydrogen-bond acceptors (Lipinski definition) is 5. The zero-order valence-corrected chi connectivity index (χ0v) is 11.7. The number of amides is 1. The van der Waals surface area contributed by atoms with Gasteiger partial charge in [-0.1, -0.05) is 11.3 Å². The number of anilines is 1. The van der Waals surface area contributed by atoms with Crippen molar-refractivity contribution in [2.45, 2.75) is 45.3 Å². The summed E-state index contributed by atoms with van der Waals surface area (Å²) in [6, 6.07) is 0.207. The molecule has 0 radical (unpaired) electrons. The molecule has 1 aliphatic rings. The molecular formula is C10H15N3O2S2. The Bertz CT molecular complexity index is 470. The van der Waals surface area contributed by atoms with Crippen LogP contribution in [0.3, 0.4) is 0 Å². The van der Waals surface area contributed by atoms with Crippen molar-refractivity contribution in [2.75, 3.05) is 4.90 Å². The van der Waals surface area contributed by atoms with Crippen molar-refractivity contribution >= 4 is 34.8 Å². The van der Waals surface area contributed by atoms with Crippen LogP contribution in [0.15, 0.2) is 0 Å². The first-order valence-electron chi connectivity index (χ1n) is 5.44. The highest BCUT2D eigenvalue weighted by Gasteiger charge is 2.38. The maximum absolute atomic E-state index is 12.1. The van der Waals surface area contributed by atoms with Crippen molar-refractivity contribution in [3.05, 3.63) is 3.95 Å². The van der Waals surface area contributed by atoms with Gasteiger partial charge in [-0.25, -0.2) is 9.69 Å². The molecule has 1 aromatic rings. The molecule has 2 rings (SSSR count). The summed E-state index contributed by atoms with van der Waals surface area (Å²) in [5.41, 5.74) is -0.498. The monoisotopic (exact) mass is 273 g/mol. The van der Waals surface area contributed by atoms with E-state index < -0.39 is 5.60 Å². The van der Waals surface area contributed by atoms with E-state index in [1.807, 2.05) is 20.8 Å². The Labute approximate surface area is 109 Å². The second kappa shape index (κ2) is 4.38. The Morgan fingerprint density at radius 1 is 1.59 bits per heavy atom. The lowest BCUT2D eigenvalue weighted by Gasteiger charge is -2.25. The average molecular weight is 273 g/mol. The van der Waals surface area contributed by atoms with E-state index in [2.05, 4.69) is 10.2 Å². The maximum Gasteiger partial charge on any atom is 0.416 e.